The fourth-order valence-electron chi connectivity index (χ4n) is 9.12. The van der Waals surface area contributed by atoms with E-state index < -0.39 is 127 Å². The molecule has 3 saturated heterocycles. The van der Waals surface area contributed by atoms with E-state index in [1.807, 2.05) is 0 Å². The number of phosphoric acid groups is 3. The molecule has 79 heavy (non-hydrogen) atoms. The van der Waals surface area contributed by atoms with E-state index >= 15 is 0 Å². The van der Waals surface area contributed by atoms with Gasteiger partial charge in [-0.15, -0.1) is 11.8 Å². The highest BCUT2D eigenvalue weighted by Gasteiger charge is 2.52. The molecular weight excluding hydrogens is 1140 g/mol. The number of nitrogens with one attached hydrogen (secondary N) is 2. The summed E-state index contributed by atoms with van der Waals surface area (Å²) in [5.41, 5.74) is 17.8. The van der Waals surface area contributed by atoms with E-state index in [2.05, 4.69) is 48.8 Å². The number of aliphatic imine (C=N–C) groups is 1. The zero-order valence-electron chi connectivity index (χ0n) is 41.9. The van der Waals surface area contributed by atoms with Gasteiger partial charge in [0.25, 0.3) is 19.0 Å². The second-order valence-electron chi connectivity index (χ2n) is 18.2. The number of methoxy groups -OCH3 is 1. The molecule has 13 N–H and O–H groups in total. The third-order valence-electron chi connectivity index (χ3n) is 12.8. The fourth-order valence-corrected chi connectivity index (χ4v) is 13.7. The predicted molar refractivity (Wildman–Crippen MR) is 263 cm³/mol. The van der Waals surface area contributed by atoms with Gasteiger partial charge in [-0.25, -0.2) is 37.9 Å². The first-order chi connectivity index (χ1) is 37.4. The molecule has 0 bridgehead atoms. The Morgan fingerprint density at radius 2 is 1.61 bits per heavy atom. The number of thioether (sulfide) groups is 1. The third kappa shape index (κ3) is 12.5. The van der Waals surface area contributed by atoms with E-state index in [0.717, 1.165) is 11.8 Å². The van der Waals surface area contributed by atoms with Crippen LogP contribution in [0.1, 0.15) is 30.8 Å². The highest BCUT2D eigenvalue weighted by atomic mass is 32.2. The smallest absolute Gasteiger partial charge is 0.487 e. The van der Waals surface area contributed by atoms with Gasteiger partial charge in [0.15, 0.2) is 35.7 Å². The Bertz CT molecular complexity index is 3290. The third-order valence-corrected chi connectivity index (χ3v) is 18.3. The van der Waals surface area contributed by atoms with Crippen molar-refractivity contribution in [2.24, 2.45) is 23.7 Å². The van der Waals surface area contributed by atoms with Gasteiger partial charge in [0, 0.05) is 33.5 Å². The summed E-state index contributed by atoms with van der Waals surface area (Å²) in [5.74, 6) is -1.99. The summed E-state index contributed by atoms with van der Waals surface area (Å²) < 4.78 is 99.1. The zero-order chi connectivity index (χ0) is 56.9. The number of nitrogens with zero attached hydrogens (tertiary/aromatic N) is 11. The molecular formula is C38H55N16O21P3S. The SMILES string of the molecule is CO[C@@H]1[C@H](SCOC[C@H]2O[C@@H](n3cnc4c3/N=C(/N)NCOC4)[C@H](O)[C@@H]2O)[C@@H](COP(=O)(O)OP(=O)(O)OP(=O)([O-])OC[C@H]2O[C@@H](n3c[n+](C)c4c(=O)[nH]c(N)nc43)[C@H](O)[C@@H]2CC(=O)N(C)C)O[C@H]1n1cnc2c(N)ncnc21. The Kier molecular flexibility index (Phi) is 17.3. The van der Waals surface area contributed by atoms with Crippen molar-refractivity contribution >= 4 is 87.0 Å². The Balaban J connectivity index is 0.851. The van der Waals surface area contributed by atoms with Gasteiger partial charge < -0.3 is 90.4 Å². The quantitative estimate of drug-likeness (QED) is 0.0146. The number of nitrogens with two attached hydrogens (primary N) is 3. The van der Waals surface area contributed by atoms with Crippen molar-refractivity contribution in [3.05, 3.63) is 41.4 Å². The number of fused-ring (bicyclic) bond motifs is 3. The normalized spacial score (nSPS) is 30.2. The lowest BCUT2D eigenvalue weighted by Crippen LogP contribution is -2.35. The van der Waals surface area contributed by atoms with Crippen LogP contribution in [-0.4, -0.2) is 187 Å². The standard InChI is InChI=1S/C38H55N16O21P3S/c1-50(2)21(55)5-16-18(71-34(24(16)56)54-14-51(3)23-32(54)48-38(41)49-33(23)59)8-69-76(60,61)74-78(64,65)75-77(62,63)70-9-20-28(27(66-4)36(73-20)53-12-45-22-29(39)42-10-43-31(22)53)79-15-68-7-19-25(57)26(58)35(72-19)52-11-44-17-6-67-13-46-37(40)47-30(17)52/h10-12,14,16,18-20,24-28,34-36,56-58H,5-9,13,15H2,1-4H3,(H10-,39,40,41,42,43,46,47,48,49,59,60,61,62,63,64,65)/t16-,18-,19-,20-,24-,25-,26-,27-,28-,34-,35-,36-/m1/s1. The number of hydrogen-bond acceptors (Lipinski definition) is 30. The molecule has 0 aliphatic carbocycles. The molecule has 5 aromatic heterocycles. The van der Waals surface area contributed by atoms with Crippen LogP contribution in [0.25, 0.3) is 22.3 Å². The summed E-state index contributed by atoms with van der Waals surface area (Å²) in [6, 6.07) is 0. The molecule has 15 atom stereocenters. The number of imidazole rings is 3. The minimum Gasteiger partial charge on any atom is -0.756 e. The van der Waals surface area contributed by atoms with E-state index in [1.165, 1.54) is 76.7 Å². The van der Waals surface area contributed by atoms with Gasteiger partial charge in [-0.1, -0.05) is 0 Å². The number of rotatable bonds is 21. The summed E-state index contributed by atoms with van der Waals surface area (Å²) in [6.45, 7) is -2.13. The molecule has 3 fully saturated rings. The summed E-state index contributed by atoms with van der Waals surface area (Å²) in [6.07, 6.45) is -8.36. The summed E-state index contributed by atoms with van der Waals surface area (Å²) in [4.78, 5) is 88.6. The maximum Gasteiger partial charge on any atom is 0.487 e. The van der Waals surface area contributed by atoms with Crippen molar-refractivity contribution in [2.45, 2.75) is 79.7 Å². The maximum absolute atomic E-state index is 13.4. The molecule has 37 nitrogen and oxygen atoms in total. The molecule has 4 aliphatic rings. The maximum atomic E-state index is 13.4. The van der Waals surface area contributed by atoms with Crippen LogP contribution in [0.4, 0.5) is 17.6 Å². The fraction of sp³-hybridized carbons (Fsp3) is 0.605. The van der Waals surface area contributed by atoms with Crippen LogP contribution >= 0.6 is 35.2 Å². The molecule has 434 valence electrons. The molecule has 0 radical (unpaired) electrons. The number of aromatic amines is 1. The van der Waals surface area contributed by atoms with Gasteiger partial charge >= 0.3 is 21.2 Å². The van der Waals surface area contributed by atoms with E-state index in [9.17, 15) is 53.3 Å². The summed E-state index contributed by atoms with van der Waals surface area (Å²) in [7, 11) is -12.3. The Hall–Kier alpha value is -5.15. The van der Waals surface area contributed by atoms with Crippen molar-refractivity contribution in [3.63, 3.8) is 0 Å². The number of H-pyrrole nitrogens is 1. The van der Waals surface area contributed by atoms with E-state index in [1.54, 1.807) is 0 Å². The number of phosphoric ester groups is 2. The van der Waals surface area contributed by atoms with Crippen LogP contribution in [0.15, 0.2) is 35.1 Å². The minimum absolute atomic E-state index is 0.0114. The minimum atomic E-state index is -6.16. The number of hydrogen-bond donors (Lipinski definition) is 10. The Morgan fingerprint density at radius 3 is 2.35 bits per heavy atom. The lowest BCUT2D eigenvalue weighted by Gasteiger charge is -2.27. The van der Waals surface area contributed by atoms with Gasteiger partial charge in [-0.3, -0.25) is 32.8 Å². The van der Waals surface area contributed by atoms with Crippen LogP contribution in [0.3, 0.4) is 0 Å². The van der Waals surface area contributed by atoms with Crippen molar-refractivity contribution in [1.29, 1.82) is 0 Å². The molecule has 5 aromatic rings. The lowest BCUT2D eigenvalue weighted by molar-refractivity contribution is -0.646. The molecule has 9 rings (SSSR count). The first-order valence-electron chi connectivity index (χ1n) is 23.4. The van der Waals surface area contributed by atoms with Gasteiger partial charge in [-0.2, -0.15) is 18.9 Å². The second-order valence-corrected chi connectivity index (χ2v) is 23.9. The predicted octanol–water partition coefficient (Wildman–Crippen LogP) is -3.83. The average molecular weight is 1200 g/mol. The number of anilines is 2. The summed E-state index contributed by atoms with van der Waals surface area (Å²) in [5, 5.41) is 35.4. The summed E-state index contributed by atoms with van der Waals surface area (Å²) >= 11 is 1.02. The molecule has 4 aliphatic heterocycles. The van der Waals surface area contributed by atoms with Crippen LogP contribution < -0.4 is 37.5 Å². The highest BCUT2D eigenvalue weighted by molar-refractivity contribution is 7.99. The Morgan fingerprint density at radius 1 is 0.899 bits per heavy atom. The van der Waals surface area contributed by atoms with Crippen LogP contribution in [0, 0.1) is 5.92 Å². The number of nitrogen functional groups attached to an aromatic ring is 2. The molecule has 1 amide bonds. The van der Waals surface area contributed by atoms with Gasteiger partial charge in [0.2, 0.25) is 24.4 Å². The average Bonchev–Trinajstić information content (AvgIpc) is 4.38. The van der Waals surface area contributed by atoms with Crippen LogP contribution in [-0.2, 0) is 78.2 Å². The molecule has 9 heterocycles. The van der Waals surface area contributed by atoms with Crippen LogP contribution in [0.5, 0.6) is 0 Å². The number of aromatic nitrogens is 10. The molecule has 41 heteroatoms. The van der Waals surface area contributed by atoms with Crippen molar-refractivity contribution in [1.82, 2.24) is 53.8 Å². The number of guanidine groups is 1. The molecule has 3 unspecified atom stereocenters. The van der Waals surface area contributed by atoms with E-state index in [-0.39, 0.29) is 71.8 Å². The molecule has 0 saturated carbocycles. The number of aliphatic hydroxyl groups is 3. The number of amides is 1. The monoisotopic (exact) mass is 1200 g/mol. The van der Waals surface area contributed by atoms with Crippen molar-refractivity contribution in [3.8, 4) is 0 Å². The number of aryl methyl sites for hydroxylation is 1. The van der Waals surface area contributed by atoms with Gasteiger partial charge in [-0.05, 0) is 0 Å². The zero-order valence-corrected chi connectivity index (χ0v) is 45.4. The van der Waals surface area contributed by atoms with Crippen LogP contribution in [0.2, 0.25) is 0 Å². The molecule has 0 spiro atoms. The van der Waals surface area contributed by atoms with E-state index in [0.29, 0.717) is 5.69 Å². The Labute approximate surface area is 448 Å². The number of ether oxygens (including phenoxy) is 6. The highest BCUT2D eigenvalue weighted by Crippen LogP contribution is 2.67. The first-order valence-corrected chi connectivity index (χ1v) is 28.9. The first kappa shape index (κ1) is 58.5. The number of aliphatic hydroxyl groups excluding tert-OH is 3. The number of carbonyl (C=O) groups is 1. The molecule has 0 aromatic carbocycles. The lowest BCUT2D eigenvalue weighted by atomic mass is 9.94. The second kappa shape index (κ2) is 23.4. The van der Waals surface area contributed by atoms with E-state index in [4.69, 9.17) is 54.7 Å². The largest absolute Gasteiger partial charge is 0.756 e. The number of carbonyl (C=O) groups excluding carboxylic acids is 1. The topological polar surface area (TPSA) is 506 Å². The van der Waals surface area contributed by atoms with Gasteiger partial charge in [0.05, 0.1) is 69.5 Å². The van der Waals surface area contributed by atoms with Gasteiger partial charge in [0.1, 0.15) is 54.8 Å². The van der Waals surface area contributed by atoms with Crippen molar-refractivity contribution < 1.29 is 99.1 Å². The van der Waals surface area contributed by atoms with Crippen molar-refractivity contribution in [2.75, 3.05) is 65.2 Å².